The van der Waals surface area contributed by atoms with Crippen LogP contribution in [0, 0.1) is 5.41 Å². The molecule has 0 radical (unpaired) electrons. The smallest absolute Gasteiger partial charge is 0.255 e. The molecule has 0 bridgehead atoms. The number of amides is 1. The molecule has 3 heterocycles. The van der Waals surface area contributed by atoms with Gasteiger partial charge in [0.15, 0.2) is 0 Å². The van der Waals surface area contributed by atoms with Gasteiger partial charge in [0.25, 0.3) is 5.91 Å². The Morgan fingerprint density at radius 3 is 3.19 bits per heavy atom. The number of nitrogens with zero attached hydrogens (tertiary/aromatic N) is 2. The molecule has 0 N–H and O–H groups in total. The highest BCUT2D eigenvalue weighted by molar-refractivity contribution is 5.97. The molecule has 5 heteroatoms. The first-order chi connectivity index (χ1) is 12.7. The van der Waals surface area contributed by atoms with Crippen LogP contribution < -0.4 is 0 Å². The maximum Gasteiger partial charge on any atom is 0.255 e. The minimum atomic E-state index is -0.0769. The van der Waals surface area contributed by atoms with Crippen molar-refractivity contribution in [3.05, 3.63) is 42.1 Å². The van der Waals surface area contributed by atoms with Crippen LogP contribution >= 0.6 is 0 Å². The van der Waals surface area contributed by atoms with Gasteiger partial charge in [-0.3, -0.25) is 9.78 Å². The third kappa shape index (κ3) is 3.21. The minimum absolute atomic E-state index is 0.0585. The second kappa shape index (κ2) is 7.33. The fraction of sp³-hybridized carbons (Fsp3) is 0.524. The van der Waals surface area contributed by atoms with Crippen LogP contribution in [0.5, 0.6) is 0 Å². The van der Waals surface area contributed by atoms with Gasteiger partial charge in [-0.2, -0.15) is 0 Å². The van der Waals surface area contributed by atoms with Gasteiger partial charge in [0.2, 0.25) is 0 Å². The van der Waals surface area contributed by atoms with Crippen LogP contribution in [0.25, 0.3) is 10.9 Å². The van der Waals surface area contributed by atoms with Gasteiger partial charge < -0.3 is 14.4 Å². The number of hydrogen-bond donors (Lipinski definition) is 0. The molecule has 138 valence electrons. The van der Waals surface area contributed by atoms with Crippen LogP contribution in [-0.2, 0) is 9.47 Å². The molecule has 0 saturated carbocycles. The normalized spacial score (nSPS) is 25.9. The van der Waals surface area contributed by atoms with E-state index < -0.39 is 0 Å². The average Bonchev–Trinajstić information content (AvgIpc) is 2.71. The number of piperidine rings is 1. The van der Waals surface area contributed by atoms with Gasteiger partial charge in [-0.15, -0.1) is 0 Å². The van der Waals surface area contributed by atoms with Crippen LogP contribution in [-0.4, -0.2) is 54.8 Å². The second-order valence-electron chi connectivity index (χ2n) is 7.39. The summed E-state index contributed by atoms with van der Waals surface area (Å²) < 4.78 is 11.8. The quantitative estimate of drug-likeness (QED) is 0.845. The summed E-state index contributed by atoms with van der Waals surface area (Å²) in [4.78, 5) is 19.6. The highest BCUT2D eigenvalue weighted by Crippen LogP contribution is 2.40. The van der Waals surface area contributed by atoms with Crippen molar-refractivity contribution in [3.8, 4) is 0 Å². The molecule has 1 aromatic carbocycles. The van der Waals surface area contributed by atoms with Gasteiger partial charge in [0.05, 0.1) is 23.8 Å². The first kappa shape index (κ1) is 17.4. The number of pyridine rings is 1. The number of carbonyl (C=O) groups excluding carboxylic acids is 1. The summed E-state index contributed by atoms with van der Waals surface area (Å²) in [7, 11) is 0. The molecule has 4 rings (SSSR count). The van der Waals surface area contributed by atoms with Crippen molar-refractivity contribution in [1.82, 2.24) is 9.88 Å². The Kier molecular flexibility index (Phi) is 4.92. The number of likely N-dealkylation sites (tertiary alicyclic amines) is 1. The SMILES string of the molecule is CCOC[C@@]12CCCO[C@@H]1CCN(C(=O)c1cnc3ccccc3c1)C2. The third-order valence-corrected chi connectivity index (χ3v) is 5.71. The Bertz CT molecular complexity index is 794. The van der Waals surface area contributed by atoms with E-state index in [9.17, 15) is 4.79 Å². The third-order valence-electron chi connectivity index (χ3n) is 5.71. The molecule has 0 aliphatic carbocycles. The highest BCUT2D eigenvalue weighted by Gasteiger charge is 2.47. The largest absolute Gasteiger partial charge is 0.381 e. The molecule has 2 aliphatic heterocycles. The van der Waals surface area contributed by atoms with Gasteiger partial charge in [-0.1, -0.05) is 18.2 Å². The summed E-state index contributed by atoms with van der Waals surface area (Å²) in [6, 6.07) is 9.84. The summed E-state index contributed by atoms with van der Waals surface area (Å²) in [5.74, 6) is 0.0585. The first-order valence-electron chi connectivity index (χ1n) is 9.55. The molecule has 1 amide bonds. The Morgan fingerprint density at radius 1 is 1.42 bits per heavy atom. The lowest BCUT2D eigenvalue weighted by Crippen LogP contribution is -2.58. The molecule has 0 spiro atoms. The Hall–Kier alpha value is -1.98. The minimum Gasteiger partial charge on any atom is -0.381 e. The van der Waals surface area contributed by atoms with Crippen LogP contribution in [0.4, 0.5) is 0 Å². The van der Waals surface area contributed by atoms with Crippen molar-refractivity contribution in [2.45, 2.75) is 32.3 Å². The summed E-state index contributed by atoms with van der Waals surface area (Å²) in [6.07, 6.45) is 4.85. The van der Waals surface area contributed by atoms with Gasteiger partial charge >= 0.3 is 0 Å². The van der Waals surface area contributed by atoms with Gasteiger partial charge in [0.1, 0.15) is 0 Å². The van der Waals surface area contributed by atoms with E-state index in [1.165, 1.54) is 0 Å². The van der Waals surface area contributed by atoms with Crippen LogP contribution in [0.2, 0.25) is 0 Å². The van der Waals surface area contributed by atoms with Crippen molar-refractivity contribution in [2.75, 3.05) is 32.9 Å². The van der Waals surface area contributed by atoms with E-state index >= 15 is 0 Å². The monoisotopic (exact) mass is 354 g/mol. The summed E-state index contributed by atoms with van der Waals surface area (Å²) in [5, 5.41) is 0.998. The molecule has 5 nitrogen and oxygen atoms in total. The molecule has 2 aliphatic rings. The van der Waals surface area contributed by atoms with Gasteiger partial charge in [0, 0.05) is 43.3 Å². The zero-order valence-electron chi connectivity index (χ0n) is 15.3. The van der Waals surface area contributed by atoms with Gasteiger partial charge in [-0.05, 0) is 38.3 Å². The molecule has 2 saturated heterocycles. The second-order valence-corrected chi connectivity index (χ2v) is 7.39. The summed E-state index contributed by atoms with van der Waals surface area (Å²) >= 11 is 0. The molecule has 1 aromatic heterocycles. The Labute approximate surface area is 154 Å². The number of para-hydroxylation sites is 1. The summed E-state index contributed by atoms with van der Waals surface area (Å²) in [6.45, 7) is 5.61. The van der Waals surface area contributed by atoms with Crippen molar-refractivity contribution in [2.24, 2.45) is 5.41 Å². The Morgan fingerprint density at radius 2 is 2.31 bits per heavy atom. The lowest BCUT2D eigenvalue weighted by Gasteiger charge is -2.50. The van der Waals surface area contributed by atoms with E-state index in [1.54, 1.807) is 6.20 Å². The van der Waals surface area contributed by atoms with Crippen LogP contribution in [0.3, 0.4) is 0 Å². The highest BCUT2D eigenvalue weighted by atomic mass is 16.5. The lowest BCUT2D eigenvalue weighted by atomic mass is 9.73. The number of hydrogen-bond acceptors (Lipinski definition) is 4. The number of carbonyl (C=O) groups is 1. The van der Waals surface area contributed by atoms with E-state index in [4.69, 9.17) is 9.47 Å². The van der Waals surface area contributed by atoms with Crippen molar-refractivity contribution >= 4 is 16.8 Å². The van der Waals surface area contributed by atoms with E-state index in [-0.39, 0.29) is 17.4 Å². The van der Waals surface area contributed by atoms with Crippen LogP contribution in [0.1, 0.15) is 36.5 Å². The number of fused-ring (bicyclic) bond motifs is 2. The lowest BCUT2D eigenvalue weighted by molar-refractivity contribution is -0.146. The van der Waals surface area contributed by atoms with E-state index in [1.807, 2.05) is 42.2 Å². The molecule has 0 unspecified atom stereocenters. The zero-order valence-corrected chi connectivity index (χ0v) is 15.3. The molecule has 2 aromatic rings. The molecule has 2 atom stereocenters. The maximum absolute atomic E-state index is 13.1. The number of aromatic nitrogens is 1. The molecule has 2 fully saturated rings. The average molecular weight is 354 g/mol. The standard InChI is InChI=1S/C21H26N2O3/c1-2-25-15-21-9-5-11-26-19(21)8-10-23(14-21)20(24)17-12-16-6-3-4-7-18(16)22-13-17/h3-4,6-7,12-13,19H,2,5,8-11,14-15H2,1H3/t19-,21+/m1/s1. The van der Waals surface area contributed by atoms with Crippen molar-refractivity contribution in [1.29, 1.82) is 0 Å². The molecule has 26 heavy (non-hydrogen) atoms. The number of ether oxygens (including phenoxy) is 2. The van der Waals surface area contributed by atoms with E-state index in [0.29, 0.717) is 25.3 Å². The fourth-order valence-electron chi connectivity index (χ4n) is 4.35. The molecular weight excluding hydrogens is 328 g/mol. The fourth-order valence-corrected chi connectivity index (χ4v) is 4.35. The van der Waals surface area contributed by atoms with Crippen molar-refractivity contribution < 1.29 is 14.3 Å². The topological polar surface area (TPSA) is 51.7 Å². The van der Waals surface area contributed by atoms with Crippen molar-refractivity contribution in [3.63, 3.8) is 0 Å². The van der Waals surface area contributed by atoms with Gasteiger partial charge in [-0.25, -0.2) is 0 Å². The molecular formula is C21H26N2O3. The predicted octanol–water partition coefficient (Wildman–Crippen LogP) is 3.28. The maximum atomic E-state index is 13.1. The van der Waals surface area contributed by atoms with E-state index in [2.05, 4.69) is 4.98 Å². The predicted molar refractivity (Wildman–Crippen MR) is 100 cm³/mol. The van der Waals surface area contributed by atoms with Crippen LogP contribution in [0.15, 0.2) is 36.5 Å². The zero-order chi connectivity index (χ0) is 18.0. The first-order valence-corrected chi connectivity index (χ1v) is 9.55. The number of rotatable bonds is 4. The Balaban J connectivity index is 1.57. The summed E-state index contributed by atoms with van der Waals surface area (Å²) in [5.41, 5.74) is 1.49. The van der Waals surface area contributed by atoms with E-state index in [0.717, 1.165) is 43.3 Å². The number of benzene rings is 1.